The summed E-state index contributed by atoms with van der Waals surface area (Å²) in [6.45, 7) is 0. The smallest absolute Gasteiger partial charge is 0.192 e. The lowest BCUT2D eigenvalue weighted by atomic mass is 10.4. The number of halogens is 2. The SMILES string of the molecule is Fc1cnc(Sc2ccc(Cl)cc2)nc1. The molecule has 0 amide bonds. The van der Waals surface area contributed by atoms with Gasteiger partial charge in [0.1, 0.15) is 0 Å². The molecule has 0 saturated heterocycles. The monoisotopic (exact) mass is 240 g/mol. The molecule has 2 rings (SSSR count). The first kappa shape index (κ1) is 10.4. The van der Waals surface area contributed by atoms with Crippen molar-refractivity contribution in [3.8, 4) is 0 Å². The molecule has 0 fully saturated rings. The molecule has 5 heteroatoms. The maximum atomic E-state index is 12.5. The molecule has 0 atom stereocenters. The number of aromatic nitrogens is 2. The van der Waals surface area contributed by atoms with Gasteiger partial charge >= 0.3 is 0 Å². The number of rotatable bonds is 2. The Morgan fingerprint density at radius 3 is 2.27 bits per heavy atom. The van der Waals surface area contributed by atoms with Gasteiger partial charge in [0.15, 0.2) is 11.0 Å². The Morgan fingerprint density at radius 2 is 1.67 bits per heavy atom. The fraction of sp³-hybridized carbons (Fsp3) is 0. The van der Waals surface area contributed by atoms with Gasteiger partial charge < -0.3 is 0 Å². The molecule has 15 heavy (non-hydrogen) atoms. The van der Waals surface area contributed by atoms with E-state index < -0.39 is 5.82 Å². The Bertz CT molecular complexity index is 400. The largest absolute Gasteiger partial charge is 0.228 e. The molecule has 76 valence electrons. The maximum absolute atomic E-state index is 12.5. The molecule has 0 aliphatic rings. The topological polar surface area (TPSA) is 25.8 Å². The van der Waals surface area contributed by atoms with Crippen molar-refractivity contribution in [2.45, 2.75) is 10.1 Å². The zero-order valence-electron chi connectivity index (χ0n) is 7.52. The van der Waals surface area contributed by atoms with E-state index in [9.17, 15) is 4.39 Å². The van der Waals surface area contributed by atoms with Gasteiger partial charge in [-0.15, -0.1) is 0 Å². The second kappa shape index (κ2) is 4.59. The Labute approximate surface area is 95.5 Å². The summed E-state index contributed by atoms with van der Waals surface area (Å²) in [5.74, 6) is -0.435. The first-order valence-corrected chi connectivity index (χ1v) is 5.34. The minimum absolute atomic E-state index is 0.435. The van der Waals surface area contributed by atoms with Gasteiger partial charge in [0.25, 0.3) is 0 Å². The van der Waals surface area contributed by atoms with E-state index in [0.717, 1.165) is 17.3 Å². The Morgan fingerprint density at radius 1 is 1.07 bits per heavy atom. The van der Waals surface area contributed by atoms with Crippen molar-refractivity contribution < 1.29 is 4.39 Å². The average Bonchev–Trinajstić information content (AvgIpc) is 2.25. The lowest BCUT2D eigenvalue weighted by Gasteiger charge is -1.99. The van der Waals surface area contributed by atoms with Crippen LogP contribution in [0.1, 0.15) is 0 Å². The number of nitrogens with zero attached hydrogens (tertiary/aromatic N) is 2. The molecule has 2 nitrogen and oxygen atoms in total. The van der Waals surface area contributed by atoms with Crippen LogP contribution in [-0.2, 0) is 0 Å². The molecular formula is C10H6ClFN2S. The molecule has 0 saturated carbocycles. The van der Waals surface area contributed by atoms with E-state index in [-0.39, 0.29) is 0 Å². The quantitative estimate of drug-likeness (QED) is 0.753. The van der Waals surface area contributed by atoms with Gasteiger partial charge in [-0.25, -0.2) is 14.4 Å². The van der Waals surface area contributed by atoms with Crippen LogP contribution in [0.5, 0.6) is 0 Å². The van der Waals surface area contributed by atoms with E-state index in [1.54, 1.807) is 12.1 Å². The number of hydrogen-bond acceptors (Lipinski definition) is 3. The highest BCUT2D eigenvalue weighted by Gasteiger charge is 2.00. The van der Waals surface area contributed by atoms with E-state index in [4.69, 9.17) is 11.6 Å². The van der Waals surface area contributed by atoms with Crippen LogP contribution in [0, 0.1) is 5.82 Å². The second-order valence-electron chi connectivity index (χ2n) is 2.74. The maximum Gasteiger partial charge on any atom is 0.192 e. The van der Waals surface area contributed by atoms with Crippen molar-refractivity contribution in [2.75, 3.05) is 0 Å². The van der Waals surface area contributed by atoms with Crippen LogP contribution in [0.3, 0.4) is 0 Å². The molecule has 0 aliphatic heterocycles. The first-order chi connectivity index (χ1) is 7.24. The molecule has 0 aliphatic carbocycles. The van der Waals surface area contributed by atoms with Gasteiger partial charge in [-0.3, -0.25) is 0 Å². The summed E-state index contributed by atoms with van der Waals surface area (Å²) in [5, 5.41) is 1.19. The predicted molar refractivity (Wildman–Crippen MR) is 57.6 cm³/mol. The van der Waals surface area contributed by atoms with E-state index >= 15 is 0 Å². The highest BCUT2D eigenvalue weighted by atomic mass is 35.5. The van der Waals surface area contributed by atoms with Crippen molar-refractivity contribution in [1.82, 2.24) is 9.97 Å². The molecule has 0 N–H and O–H groups in total. The lowest BCUT2D eigenvalue weighted by molar-refractivity contribution is 0.605. The van der Waals surface area contributed by atoms with Crippen molar-refractivity contribution in [2.24, 2.45) is 0 Å². The van der Waals surface area contributed by atoms with Crippen LogP contribution >= 0.6 is 23.4 Å². The van der Waals surface area contributed by atoms with Crippen LogP contribution in [-0.4, -0.2) is 9.97 Å². The molecule has 1 aromatic carbocycles. The molecular weight excluding hydrogens is 235 g/mol. The fourth-order valence-corrected chi connectivity index (χ4v) is 1.78. The second-order valence-corrected chi connectivity index (χ2v) is 4.22. The van der Waals surface area contributed by atoms with Gasteiger partial charge in [0, 0.05) is 9.92 Å². The fourth-order valence-electron chi connectivity index (χ4n) is 0.961. The number of benzene rings is 1. The molecule has 1 heterocycles. The Hall–Kier alpha value is -1.13. The van der Waals surface area contributed by atoms with Gasteiger partial charge in [-0.2, -0.15) is 0 Å². The van der Waals surface area contributed by atoms with Crippen LogP contribution in [0.4, 0.5) is 4.39 Å². The highest BCUT2D eigenvalue weighted by molar-refractivity contribution is 7.99. The minimum Gasteiger partial charge on any atom is -0.228 e. The molecule has 0 bridgehead atoms. The van der Waals surface area contributed by atoms with E-state index in [1.807, 2.05) is 12.1 Å². The summed E-state index contributed by atoms with van der Waals surface area (Å²) in [5.41, 5.74) is 0. The Kier molecular flexibility index (Phi) is 3.18. The standard InChI is InChI=1S/C10H6ClFN2S/c11-7-1-3-9(4-2-7)15-10-13-5-8(12)6-14-10/h1-6H. The molecule has 0 spiro atoms. The van der Waals surface area contributed by atoms with Crippen molar-refractivity contribution in [3.63, 3.8) is 0 Å². The van der Waals surface area contributed by atoms with E-state index in [2.05, 4.69) is 9.97 Å². The average molecular weight is 241 g/mol. The van der Waals surface area contributed by atoms with Gasteiger partial charge in [-0.05, 0) is 36.0 Å². The summed E-state index contributed by atoms with van der Waals surface area (Å²) >= 11 is 7.10. The zero-order chi connectivity index (χ0) is 10.7. The van der Waals surface area contributed by atoms with Gasteiger partial charge in [-0.1, -0.05) is 11.6 Å². The molecule has 2 aromatic rings. The van der Waals surface area contributed by atoms with Crippen molar-refractivity contribution >= 4 is 23.4 Å². The van der Waals surface area contributed by atoms with Crippen LogP contribution in [0.25, 0.3) is 0 Å². The Balaban J connectivity index is 2.15. The normalized spacial score (nSPS) is 10.3. The van der Waals surface area contributed by atoms with E-state index in [0.29, 0.717) is 10.2 Å². The summed E-state index contributed by atoms with van der Waals surface area (Å²) in [4.78, 5) is 8.64. The number of hydrogen-bond donors (Lipinski definition) is 0. The zero-order valence-corrected chi connectivity index (χ0v) is 9.10. The van der Waals surface area contributed by atoms with Gasteiger partial charge in [0.2, 0.25) is 0 Å². The third kappa shape index (κ3) is 2.91. The first-order valence-electron chi connectivity index (χ1n) is 4.15. The molecule has 1 aromatic heterocycles. The minimum atomic E-state index is -0.435. The summed E-state index contributed by atoms with van der Waals surface area (Å²) in [6, 6.07) is 7.29. The third-order valence-electron chi connectivity index (χ3n) is 1.62. The van der Waals surface area contributed by atoms with Crippen molar-refractivity contribution in [3.05, 3.63) is 47.5 Å². The lowest BCUT2D eigenvalue weighted by Crippen LogP contribution is -1.86. The predicted octanol–water partition coefficient (Wildman–Crippen LogP) is 3.42. The summed E-state index contributed by atoms with van der Waals surface area (Å²) in [6.07, 6.45) is 2.29. The van der Waals surface area contributed by atoms with Crippen LogP contribution in [0.15, 0.2) is 46.7 Å². The highest BCUT2D eigenvalue weighted by Crippen LogP contribution is 2.25. The summed E-state index contributed by atoms with van der Waals surface area (Å²) in [7, 11) is 0. The summed E-state index contributed by atoms with van der Waals surface area (Å²) < 4.78 is 12.5. The van der Waals surface area contributed by atoms with Crippen molar-refractivity contribution in [1.29, 1.82) is 0 Å². The molecule has 0 unspecified atom stereocenters. The van der Waals surface area contributed by atoms with Crippen LogP contribution in [0.2, 0.25) is 5.02 Å². The third-order valence-corrected chi connectivity index (χ3v) is 2.77. The van der Waals surface area contributed by atoms with Crippen LogP contribution < -0.4 is 0 Å². The molecule has 0 radical (unpaired) electrons. The van der Waals surface area contributed by atoms with E-state index in [1.165, 1.54) is 11.8 Å². The van der Waals surface area contributed by atoms with Gasteiger partial charge in [0.05, 0.1) is 12.4 Å².